The van der Waals surface area contributed by atoms with E-state index in [2.05, 4.69) is 11.7 Å². The SMILES string of the molecule is CC/C=C\C[C@H](O)/C=C/C=C\C\C=C/C=C/C=C/C(O)[C@H](O)CCOC=O. The summed E-state index contributed by atoms with van der Waals surface area (Å²) < 4.78 is 4.47. The first-order valence-corrected chi connectivity index (χ1v) is 9.19. The van der Waals surface area contributed by atoms with Crippen molar-refractivity contribution in [1.82, 2.24) is 0 Å². The van der Waals surface area contributed by atoms with Crippen molar-refractivity contribution >= 4 is 6.47 Å². The van der Waals surface area contributed by atoms with E-state index in [1.54, 1.807) is 18.2 Å². The lowest BCUT2D eigenvalue weighted by molar-refractivity contribution is -0.129. The standard InChI is InChI=1S/C22H32O5/c1-2-3-11-14-20(24)15-12-9-7-5-4-6-8-10-13-16-21(25)22(26)17-18-27-19-23/h3-4,6-13,15-16,19-22,24-26H,2,5,14,17-18H2,1H3/b6-4-,9-7-,10-8+,11-3-,15-12+,16-13+/t20-,21?,22+/m0/s1. The van der Waals surface area contributed by atoms with E-state index in [-0.39, 0.29) is 13.0 Å². The molecule has 0 radical (unpaired) electrons. The Morgan fingerprint density at radius 2 is 1.52 bits per heavy atom. The van der Waals surface area contributed by atoms with E-state index < -0.39 is 18.3 Å². The van der Waals surface area contributed by atoms with Gasteiger partial charge in [-0.3, -0.25) is 4.79 Å². The highest BCUT2D eigenvalue weighted by Gasteiger charge is 2.12. The molecule has 0 amide bonds. The molecule has 0 fully saturated rings. The van der Waals surface area contributed by atoms with E-state index in [9.17, 15) is 20.1 Å². The van der Waals surface area contributed by atoms with E-state index in [0.29, 0.717) is 12.9 Å². The molecule has 1 unspecified atom stereocenters. The smallest absolute Gasteiger partial charge is 0.293 e. The molecule has 5 heteroatoms. The molecule has 0 heterocycles. The number of aliphatic hydroxyl groups excluding tert-OH is 3. The monoisotopic (exact) mass is 376 g/mol. The molecular formula is C22H32O5. The second-order valence-electron chi connectivity index (χ2n) is 5.74. The predicted octanol–water partition coefficient (Wildman–Crippen LogP) is 3.16. The summed E-state index contributed by atoms with van der Waals surface area (Å²) in [5.41, 5.74) is 0. The van der Waals surface area contributed by atoms with Gasteiger partial charge in [-0.25, -0.2) is 0 Å². The lowest BCUT2D eigenvalue weighted by atomic mass is 10.1. The van der Waals surface area contributed by atoms with Crippen LogP contribution in [0.4, 0.5) is 0 Å². The van der Waals surface area contributed by atoms with Crippen molar-refractivity contribution < 1.29 is 24.9 Å². The van der Waals surface area contributed by atoms with E-state index in [4.69, 9.17) is 0 Å². The minimum atomic E-state index is -1.00. The summed E-state index contributed by atoms with van der Waals surface area (Å²) in [4.78, 5) is 9.98. The van der Waals surface area contributed by atoms with Crippen molar-refractivity contribution in [2.45, 2.75) is 50.9 Å². The normalized spacial score (nSPS) is 16.4. The summed E-state index contributed by atoms with van der Waals surface area (Å²) >= 11 is 0. The number of carbonyl (C=O) groups excluding carboxylic acids is 1. The number of aliphatic hydroxyl groups is 3. The summed E-state index contributed by atoms with van der Waals surface area (Å²) in [6.07, 6.45) is 22.2. The molecule has 3 atom stereocenters. The topological polar surface area (TPSA) is 87.0 Å². The first-order chi connectivity index (χ1) is 13.1. The van der Waals surface area contributed by atoms with E-state index >= 15 is 0 Å². The van der Waals surface area contributed by atoms with Gasteiger partial charge in [0, 0.05) is 6.42 Å². The Balaban J connectivity index is 3.94. The third-order valence-corrected chi connectivity index (χ3v) is 3.40. The number of hydrogen-bond acceptors (Lipinski definition) is 5. The third-order valence-electron chi connectivity index (χ3n) is 3.40. The fraction of sp³-hybridized carbons (Fsp3) is 0.409. The Bertz CT molecular complexity index is 529. The molecule has 5 nitrogen and oxygen atoms in total. The van der Waals surface area contributed by atoms with Crippen LogP contribution < -0.4 is 0 Å². The maximum absolute atomic E-state index is 9.98. The summed E-state index contributed by atoms with van der Waals surface area (Å²) in [5.74, 6) is 0. The van der Waals surface area contributed by atoms with Crippen LogP contribution in [0.3, 0.4) is 0 Å². The van der Waals surface area contributed by atoms with Gasteiger partial charge in [-0.1, -0.05) is 79.8 Å². The van der Waals surface area contributed by atoms with E-state index in [1.807, 2.05) is 48.6 Å². The Kier molecular flexibility index (Phi) is 17.1. The zero-order valence-electron chi connectivity index (χ0n) is 15.9. The highest BCUT2D eigenvalue weighted by atomic mass is 16.5. The maximum Gasteiger partial charge on any atom is 0.293 e. The van der Waals surface area contributed by atoms with Crippen molar-refractivity contribution in [3.05, 3.63) is 72.9 Å². The van der Waals surface area contributed by atoms with Gasteiger partial charge >= 0.3 is 0 Å². The molecule has 0 aromatic rings. The largest absolute Gasteiger partial charge is 0.468 e. The van der Waals surface area contributed by atoms with Crippen molar-refractivity contribution in [3.8, 4) is 0 Å². The molecule has 0 saturated carbocycles. The molecule has 0 aliphatic heterocycles. The van der Waals surface area contributed by atoms with Gasteiger partial charge in [-0.05, 0) is 19.3 Å². The Labute approximate surface area is 162 Å². The van der Waals surface area contributed by atoms with Gasteiger partial charge < -0.3 is 20.1 Å². The summed E-state index contributed by atoms with van der Waals surface area (Å²) in [6, 6.07) is 0. The molecule has 150 valence electrons. The molecule has 0 spiro atoms. The van der Waals surface area contributed by atoms with Gasteiger partial charge in [0.25, 0.3) is 6.47 Å². The highest BCUT2D eigenvalue weighted by molar-refractivity contribution is 5.36. The zero-order valence-corrected chi connectivity index (χ0v) is 15.9. The molecular weight excluding hydrogens is 344 g/mol. The van der Waals surface area contributed by atoms with Crippen molar-refractivity contribution in [2.24, 2.45) is 0 Å². The second-order valence-corrected chi connectivity index (χ2v) is 5.74. The first-order valence-electron chi connectivity index (χ1n) is 9.19. The molecule has 3 N–H and O–H groups in total. The van der Waals surface area contributed by atoms with Gasteiger partial charge in [0.1, 0.15) is 0 Å². The predicted molar refractivity (Wildman–Crippen MR) is 109 cm³/mol. The number of hydrogen-bond donors (Lipinski definition) is 3. The molecule has 0 bridgehead atoms. The lowest BCUT2D eigenvalue weighted by Gasteiger charge is -2.13. The molecule has 27 heavy (non-hydrogen) atoms. The van der Waals surface area contributed by atoms with Gasteiger partial charge in [0.05, 0.1) is 24.9 Å². The zero-order chi connectivity index (χ0) is 20.2. The van der Waals surface area contributed by atoms with Crippen LogP contribution in [0.5, 0.6) is 0 Å². The summed E-state index contributed by atoms with van der Waals surface area (Å²) in [7, 11) is 0. The molecule has 0 aliphatic rings. The van der Waals surface area contributed by atoms with Crippen molar-refractivity contribution in [2.75, 3.05) is 6.61 Å². The van der Waals surface area contributed by atoms with Crippen LogP contribution in [-0.2, 0) is 9.53 Å². The fourth-order valence-corrected chi connectivity index (χ4v) is 1.91. The Morgan fingerprint density at radius 1 is 0.852 bits per heavy atom. The molecule has 0 rings (SSSR count). The van der Waals surface area contributed by atoms with Gasteiger partial charge in [-0.15, -0.1) is 0 Å². The second kappa shape index (κ2) is 18.6. The first kappa shape index (κ1) is 24.8. The average Bonchev–Trinajstić information content (AvgIpc) is 2.66. The number of rotatable bonds is 15. The molecule has 0 aromatic heterocycles. The molecule has 0 aliphatic carbocycles. The Hall–Kier alpha value is -2.21. The van der Waals surface area contributed by atoms with E-state index in [1.165, 1.54) is 6.08 Å². The molecule has 0 aromatic carbocycles. The average molecular weight is 376 g/mol. The quantitative estimate of drug-likeness (QED) is 0.177. The number of allylic oxidation sites excluding steroid dienone is 9. The van der Waals surface area contributed by atoms with Crippen molar-refractivity contribution in [3.63, 3.8) is 0 Å². The summed E-state index contributed by atoms with van der Waals surface area (Å²) in [5, 5.41) is 28.9. The minimum Gasteiger partial charge on any atom is -0.468 e. The van der Waals surface area contributed by atoms with Crippen molar-refractivity contribution in [1.29, 1.82) is 0 Å². The number of carbonyl (C=O) groups is 1. The van der Waals surface area contributed by atoms with Crippen LogP contribution in [0.2, 0.25) is 0 Å². The Morgan fingerprint density at radius 3 is 2.22 bits per heavy atom. The van der Waals surface area contributed by atoms with Crippen LogP contribution in [0.25, 0.3) is 0 Å². The van der Waals surface area contributed by atoms with Crippen LogP contribution in [-0.4, -0.2) is 46.7 Å². The molecule has 0 saturated heterocycles. The fourth-order valence-electron chi connectivity index (χ4n) is 1.91. The lowest BCUT2D eigenvalue weighted by Crippen LogP contribution is -2.25. The van der Waals surface area contributed by atoms with Gasteiger partial charge in [0.2, 0.25) is 0 Å². The third kappa shape index (κ3) is 17.0. The van der Waals surface area contributed by atoms with Crippen LogP contribution in [0.1, 0.15) is 32.6 Å². The van der Waals surface area contributed by atoms with Crippen LogP contribution >= 0.6 is 0 Å². The summed E-state index contributed by atoms with van der Waals surface area (Å²) in [6.45, 7) is 2.45. The van der Waals surface area contributed by atoms with Crippen LogP contribution in [0, 0.1) is 0 Å². The van der Waals surface area contributed by atoms with Gasteiger partial charge in [-0.2, -0.15) is 0 Å². The van der Waals surface area contributed by atoms with E-state index in [0.717, 1.165) is 12.8 Å². The van der Waals surface area contributed by atoms with Crippen LogP contribution in [0.15, 0.2) is 72.9 Å². The maximum atomic E-state index is 9.98. The number of ether oxygens (including phenoxy) is 1. The highest BCUT2D eigenvalue weighted by Crippen LogP contribution is 2.01. The van der Waals surface area contributed by atoms with Gasteiger partial charge in [0.15, 0.2) is 0 Å². The minimum absolute atomic E-state index is 0.0751.